The molecule has 2 rings (SSSR count). The average Bonchev–Trinajstić information content (AvgIpc) is 2.59. The average molecular weight is 275 g/mol. The van der Waals surface area contributed by atoms with Gasteiger partial charge in [0.2, 0.25) is 0 Å². The molecule has 0 amide bonds. The lowest BCUT2D eigenvalue weighted by Crippen LogP contribution is -2.45. The van der Waals surface area contributed by atoms with Crippen LogP contribution in [0, 0.1) is 5.92 Å². The van der Waals surface area contributed by atoms with Crippen LogP contribution in [-0.4, -0.2) is 53.9 Å². The second-order valence-corrected chi connectivity index (χ2v) is 6.49. The lowest BCUT2D eigenvalue weighted by atomic mass is 9.99. The van der Waals surface area contributed by atoms with E-state index in [1.807, 2.05) is 0 Å². The maximum absolute atomic E-state index is 3.77. The van der Waals surface area contributed by atoms with E-state index in [2.05, 4.69) is 39.7 Å². The van der Waals surface area contributed by atoms with Crippen molar-refractivity contribution in [2.75, 3.05) is 33.2 Å². The summed E-state index contributed by atoms with van der Waals surface area (Å²) in [5.41, 5.74) is 0. The molecule has 0 bridgehead atoms. The van der Waals surface area contributed by atoms with Crippen LogP contribution in [0.4, 0.5) is 0 Å². The number of hydrogen-bond acceptors (Lipinski definition) is 2. The minimum Gasteiger partial charge on any atom is -0.302 e. The minimum atomic E-state index is 0.745. The Labute approximate surface area is 102 Å². The largest absolute Gasteiger partial charge is 0.302 e. The molecule has 0 aromatic heterocycles. The fourth-order valence-electron chi connectivity index (χ4n) is 2.88. The molecule has 2 saturated heterocycles. The summed E-state index contributed by atoms with van der Waals surface area (Å²) in [6, 6.07) is 0.823. The molecule has 0 radical (unpaired) electrons. The van der Waals surface area contributed by atoms with Crippen molar-refractivity contribution in [2.24, 2.45) is 5.92 Å². The minimum absolute atomic E-state index is 0.745. The van der Waals surface area contributed by atoms with Crippen LogP contribution in [0.1, 0.15) is 26.2 Å². The molecule has 0 aromatic rings. The van der Waals surface area contributed by atoms with Crippen molar-refractivity contribution in [1.82, 2.24) is 9.80 Å². The summed E-state index contributed by atoms with van der Waals surface area (Å²) in [7, 11) is 2.28. The Hall–Kier alpha value is 0.400. The fourth-order valence-corrected chi connectivity index (χ4v) is 3.25. The predicted molar refractivity (Wildman–Crippen MR) is 68.6 cm³/mol. The van der Waals surface area contributed by atoms with Crippen LogP contribution in [0.25, 0.3) is 0 Å². The topological polar surface area (TPSA) is 6.48 Å². The molecule has 3 unspecified atom stereocenters. The molecule has 88 valence electrons. The van der Waals surface area contributed by atoms with Gasteiger partial charge >= 0.3 is 0 Å². The SMILES string of the molecule is CC1CN(CC2CCCN2C)CCC1Br. The zero-order valence-electron chi connectivity index (χ0n) is 9.95. The van der Waals surface area contributed by atoms with E-state index < -0.39 is 0 Å². The zero-order chi connectivity index (χ0) is 10.8. The van der Waals surface area contributed by atoms with E-state index in [9.17, 15) is 0 Å². The molecule has 15 heavy (non-hydrogen) atoms. The van der Waals surface area contributed by atoms with Gasteiger partial charge in [-0.1, -0.05) is 22.9 Å². The van der Waals surface area contributed by atoms with Gasteiger partial charge in [0, 0.05) is 24.0 Å². The van der Waals surface area contributed by atoms with E-state index in [1.165, 1.54) is 45.4 Å². The first-order chi connectivity index (χ1) is 7.16. The van der Waals surface area contributed by atoms with Gasteiger partial charge in [0.15, 0.2) is 0 Å². The van der Waals surface area contributed by atoms with Gasteiger partial charge in [0.05, 0.1) is 0 Å². The van der Waals surface area contributed by atoms with E-state index in [0.717, 1.165) is 16.8 Å². The normalized spacial score (nSPS) is 39.8. The highest BCUT2D eigenvalue weighted by atomic mass is 79.9. The summed E-state index contributed by atoms with van der Waals surface area (Å²) in [5.74, 6) is 0.811. The number of hydrogen-bond donors (Lipinski definition) is 0. The van der Waals surface area contributed by atoms with Crippen molar-refractivity contribution in [2.45, 2.75) is 37.1 Å². The molecule has 2 aliphatic rings. The van der Waals surface area contributed by atoms with Crippen LogP contribution in [-0.2, 0) is 0 Å². The smallest absolute Gasteiger partial charge is 0.0220 e. The second kappa shape index (κ2) is 5.15. The highest BCUT2D eigenvalue weighted by molar-refractivity contribution is 9.09. The maximum atomic E-state index is 3.77. The number of likely N-dealkylation sites (tertiary alicyclic amines) is 2. The number of likely N-dealkylation sites (N-methyl/N-ethyl adjacent to an activating group) is 1. The monoisotopic (exact) mass is 274 g/mol. The third-order valence-electron chi connectivity index (χ3n) is 4.03. The Bertz CT molecular complexity index is 210. The van der Waals surface area contributed by atoms with Crippen molar-refractivity contribution in [3.63, 3.8) is 0 Å². The van der Waals surface area contributed by atoms with Gasteiger partial charge in [0.25, 0.3) is 0 Å². The van der Waals surface area contributed by atoms with Crippen LogP contribution in [0.3, 0.4) is 0 Å². The van der Waals surface area contributed by atoms with Gasteiger partial charge < -0.3 is 9.80 Å². The van der Waals surface area contributed by atoms with Crippen molar-refractivity contribution >= 4 is 15.9 Å². The lowest BCUT2D eigenvalue weighted by molar-refractivity contribution is 0.146. The molecule has 2 fully saturated rings. The fraction of sp³-hybridized carbons (Fsp3) is 1.00. The van der Waals surface area contributed by atoms with Crippen LogP contribution in [0.2, 0.25) is 0 Å². The van der Waals surface area contributed by atoms with E-state index in [4.69, 9.17) is 0 Å². The number of rotatable bonds is 2. The zero-order valence-corrected chi connectivity index (χ0v) is 11.5. The van der Waals surface area contributed by atoms with Gasteiger partial charge in [-0.05, 0) is 45.3 Å². The van der Waals surface area contributed by atoms with Crippen molar-refractivity contribution in [3.05, 3.63) is 0 Å². The molecule has 0 saturated carbocycles. The third-order valence-corrected chi connectivity index (χ3v) is 5.39. The molecule has 2 aliphatic heterocycles. The molecule has 0 aromatic carbocycles. The Morgan fingerprint density at radius 1 is 1.27 bits per heavy atom. The summed E-state index contributed by atoms with van der Waals surface area (Å²) in [4.78, 5) is 5.94. The van der Waals surface area contributed by atoms with Gasteiger partial charge in [-0.2, -0.15) is 0 Å². The molecular formula is C12H23BrN2. The first kappa shape index (κ1) is 11.9. The molecule has 0 aliphatic carbocycles. The molecule has 0 N–H and O–H groups in total. The Morgan fingerprint density at radius 3 is 2.67 bits per heavy atom. The number of nitrogens with zero attached hydrogens (tertiary/aromatic N) is 2. The maximum Gasteiger partial charge on any atom is 0.0220 e. The van der Waals surface area contributed by atoms with Crippen LogP contribution in [0.15, 0.2) is 0 Å². The van der Waals surface area contributed by atoms with Crippen molar-refractivity contribution in [3.8, 4) is 0 Å². The Balaban J connectivity index is 1.80. The van der Waals surface area contributed by atoms with E-state index >= 15 is 0 Å². The van der Waals surface area contributed by atoms with Gasteiger partial charge in [-0.15, -0.1) is 0 Å². The molecule has 2 heterocycles. The Kier molecular flexibility index (Phi) is 4.08. The number of piperidine rings is 1. The highest BCUT2D eigenvalue weighted by Gasteiger charge is 2.28. The molecular weight excluding hydrogens is 252 g/mol. The third kappa shape index (κ3) is 2.95. The Morgan fingerprint density at radius 2 is 2.07 bits per heavy atom. The van der Waals surface area contributed by atoms with Crippen LogP contribution in [0.5, 0.6) is 0 Å². The lowest BCUT2D eigenvalue weighted by Gasteiger charge is -2.36. The molecule has 3 heteroatoms. The summed E-state index contributed by atoms with van der Waals surface area (Å²) < 4.78 is 0. The van der Waals surface area contributed by atoms with Gasteiger partial charge in [-0.3, -0.25) is 0 Å². The standard InChI is InChI=1S/C12H23BrN2/c1-10-8-15(7-5-12(10)13)9-11-4-3-6-14(11)2/h10-12H,3-9H2,1-2H3. The first-order valence-corrected chi connectivity index (χ1v) is 7.15. The molecule has 0 spiro atoms. The van der Waals surface area contributed by atoms with Crippen LogP contribution >= 0.6 is 15.9 Å². The summed E-state index contributed by atoms with van der Waals surface area (Å²) in [6.45, 7) is 7.52. The van der Waals surface area contributed by atoms with E-state index in [1.54, 1.807) is 0 Å². The van der Waals surface area contributed by atoms with Crippen molar-refractivity contribution in [1.29, 1.82) is 0 Å². The quantitative estimate of drug-likeness (QED) is 0.713. The molecule has 2 nitrogen and oxygen atoms in total. The highest BCUT2D eigenvalue weighted by Crippen LogP contribution is 2.25. The first-order valence-electron chi connectivity index (χ1n) is 6.23. The van der Waals surface area contributed by atoms with Gasteiger partial charge in [0.1, 0.15) is 0 Å². The van der Waals surface area contributed by atoms with Crippen LogP contribution < -0.4 is 0 Å². The summed E-state index contributed by atoms with van der Waals surface area (Å²) >= 11 is 3.77. The summed E-state index contributed by atoms with van der Waals surface area (Å²) in [5, 5.41) is 0. The van der Waals surface area contributed by atoms with Crippen molar-refractivity contribution < 1.29 is 0 Å². The number of alkyl halides is 1. The number of halogens is 1. The van der Waals surface area contributed by atoms with E-state index in [0.29, 0.717) is 0 Å². The summed E-state index contributed by atoms with van der Waals surface area (Å²) in [6.07, 6.45) is 4.11. The molecule has 3 atom stereocenters. The second-order valence-electron chi connectivity index (χ2n) is 5.32. The van der Waals surface area contributed by atoms with Gasteiger partial charge in [-0.25, -0.2) is 0 Å². The van der Waals surface area contributed by atoms with E-state index in [-0.39, 0.29) is 0 Å². The predicted octanol–water partition coefficient (Wildman–Crippen LogP) is 2.19.